The summed E-state index contributed by atoms with van der Waals surface area (Å²) in [5.41, 5.74) is 2.18. The van der Waals surface area contributed by atoms with Crippen molar-refractivity contribution in [1.29, 1.82) is 0 Å². The van der Waals surface area contributed by atoms with Crippen LogP contribution in [-0.4, -0.2) is 57.4 Å². The van der Waals surface area contributed by atoms with Crippen LogP contribution in [0.2, 0.25) is 0 Å². The number of benzene rings is 1. The maximum absolute atomic E-state index is 12.1. The van der Waals surface area contributed by atoms with Crippen molar-refractivity contribution >= 4 is 11.6 Å². The van der Waals surface area contributed by atoms with Crippen LogP contribution >= 0.6 is 0 Å². The van der Waals surface area contributed by atoms with Crippen LogP contribution in [0.1, 0.15) is 5.56 Å². The fourth-order valence-corrected chi connectivity index (χ4v) is 2.22. The zero-order valence-electron chi connectivity index (χ0n) is 11.9. The molecule has 5 nitrogen and oxygen atoms in total. The van der Waals surface area contributed by atoms with Crippen molar-refractivity contribution in [3.63, 3.8) is 0 Å². The van der Waals surface area contributed by atoms with Gasteiger partial charge in [-0.2, -0.15) is 0 Å². The molecule has 1 saturated heterocycles. The highest BCUT2D eigenvalue weighted by molar-refractivity contribution is 5.81. The van der Waals surface area contributed by atoms with Gasteiger partial charge in [-0.05, 0) is 18.1 Å². The summed E-state index contributed by atoms with van der Waals surface area (Å²) < 4.78 is 10.4. The topological polar surface area (TPSA) is 50.8 Å². The molecule has 1 fully saturated rings. The van der Waals surface area contributed by atoms with Crippen LogP contribution in [0, 0.1) is 0 Å². The van der Waals surface area contributed by atoms with Gasteiger partial charge in [-0.1, -0.05) is 18.2 Å². The highest BCUT2D eigenvalue weighted by Crippen LogP contribution is 2.15. The van der Waals surface area contributed by atoms with Gasteiger partial charge in [0.05, 0.1) is 26.4 Å². The van der Waals surface area contributed by atoms with Crippen LogP contribution in [0.15, 0.2) is 24.3 Å². The van der Waals surface area contributed by atoms with Crippen molar-refractivity contribution in [2.75, 3.05) is 51.9 Å². The van der Waals surface area contributed by atoms with Gasteiger partial charge in [0.1, 0.15) is 0 Å². The van der Waals surface area contributed by atoms with E-state index in [9.17, 15) is 4.79 Å². The van der Waals surface area contributed by atoms with Crippen molar-refractivity contribution in [2.24, 2.45) is 0 Å². The lowest BCUT2D eigenvalue weighted by Crippen LogP contribution is -2.43. The highest BCUT2D eigenvalue weighted by atomic mass is 16.5. The SMILES string of the molecule is COCCc1ccccc1NCC(=O)N1CCOCC1. The molecule has 0 bridgehead atoms. The Balaban J connectivity index is 1.87. The first kappa shape index (κ1) is 14.8. The Kier molecular flexibility index (Phi) is 5.83. The van der Waals surface area contributed by atoms with Crippen molar-refractivity contribution < 1.29 is 14.3 Å². The second-order valence-electron chi connectivity index (χ2n) is 4.75. The predicted octanol–water partition coefficient (Wildman–Crippen LogP) is 1.15. The number of anilines is 1. The summed E-state index contributed by atoms with van der Waals surface area (Å²) in [5.74, 6) is 0.120. The summed E-state index contributed by atoms with van der Waals surface area (Å²) in [7, 11) is 1.69. The molecule has 1 heterocycles. The molecule has 5 heteroatoms. The Morgan fingerprint density at radius 3 is 2.85 bits per heavy atom. The van der Waals surface area contributed by atoms with Crippen molar-refractivity contribution in [2.45, 2.75) is 6.42 Å². The van der Waals surface area contributed by atoms with E-state index in [4.69, 9.17) is 9.47 Å². The number of ether oxygens (including phenoxy) is 2. The molecule has 0 atom stereocenters. The van der Waals surface area contributed by atoms with Gasteiger partial charge in [0.15, 0.2) is 0 Å². The number of hydrogen-bond acceptors (Lipinski definition) is 4. The van der Waals surface area contributed by atoms with Gasteiger partial charge in [-0.15, -0.1) is 0 Å². The third-order valence-electron chi connectivity index (χ3n) is 3.39. The molecule has 0 radical (unpaired) electrons. The molecule has 0 aromatic heterocycles. The molecule has 1 amide bonds. The van der Waals surface area contributed by atoms with E-state index < -0.39 is 0 Å². The maximum Gasteiger partial charge on any atom is 0.242 e. The van der Waals surface area contributed by atoms with E-state index in [2.05, 4.69) is 11.4 Å². The molecule has 0 spiro atoms. The van der Waals surface area contributed by atoms with E-state index in [0.717, 1.165) is 12.1 Å². The molecular weight excluding hydrogens is 256 g/mol. The van der Waals surface area contributed by atoms with Gasteiger partial charge >= 0.3 is 0 Å². The Bertz CT molecular complexity index is 431. The van der Waals surface area contributed by atoms with E-state index in [1.807, 2.05) is 23.1 Å². The zero-order valence-corrected chi connectivity index (χ0v) is 11.9. The van der Waals surface area contributed by atoms with Gasteiger partial charge in [0, 0.05) is 25.9 Å². The lowest BCUT2D eigenvalue weighted by atomic mass is 10.1. The summed E-state index contributed by atoms with van der Waals surface area (Å²) in [6.45, 7) is 3.64. The van der Waals surface area contributed by atoms with Crippen LogP contribution < -0.4 is 5.32 Å². The van der Waals surface area contributed by atoms with E-state index in [-0.39, 0.29) is 5.91 Å². The smallest absolute Gasteiger partial charge is 0.242 e. The molecule has 0 aliphatic carbocycles. The summed E-state index contributed by atoms with van der Waals surface area (Å²) in [4.78, 5) is 13.9. The fourth-order valence-electron chi connectivity index (χ4n) is 2.22. The van der Waals surface area contributed by atoms with Crippen LogP contribution in [0.25, 0.3) is 0 Å². The Labute approximate surface area is 119 Å². The number of nitrogens with zero attached hydrogens (tertiary/aromatic N) is 1. The quantitative estimate of drug-likeness (QED) is 0.848. The van der Waals surface area contributed by atoms with Gasteiger partial charge < -0.3 is 19.7 Å². The van der Waals surface area contributed by atoms with E-state index in [1.165, 1.54) is 5.56 Å². The monoisotopic (exact) mass is 278 g/mol. The second kappa shape index (κ2) is 7.87. The van der Waals surface area contributed by atoms with Crippen molar-refractivity contribution in [3.05, 3.63) is 29.8 Å². The normalized spacial score (nSPS) is 15.2. The third-order valence-corrected chi connectivity index (χ3v) is 3.39. The predicted molar refractivity (Wildman–Crippen MR) is 77.9 cm³/mol. The van der Waals surface area contributed by atoms with Crippen LogP contribution in [0.5, 0.6) is 0 Å². The number of rotatable bonds is 6. The molecule has 1 N–H and O–H groups in total. The first-order valence-electron chi connectivity index (χ1n) is 6.97. The minimum atomic E-state index is 0.120. The van der Waals surface area contributed by atoms with Crippen molar-refractivity contribution in [3.8, 4) is 0 Å². The molecule has 20 heavy (non-hydrogen) atoms. The molecule has 110 valence electrons. The van der Waals surface area contributed by atoms with Crippen LogP contribution in [0.4, 0.5) is 5.69 Å². The molecule has 1 aromatic rings. The molecule has 0 unspecified atom stereocenters. The number of hydrogen-bond donors (Lipinski definition) is 1. The van der Waals surface area contributed by atoms with Gasteiger partial charge in [0.25, 0.3) is 0 Å². The summed E-state index contributed by atoms with van der Waals surface area (Å²) in [5, 5.41) is 3.23. The van der Waals surface area contributed by atoms with Crippen LogP contribution in [0.3, 0.4) is 0 Å². The first-order valence-corrected chi connectivity index (χ1v) is 6.97. The average molecular weight is 278 g/mol. The molecule has 1 aliphatic heterocycles. The molecule has 0 saturated carbocycles. The Morgan fingerprint density at radius 1 is 1.35 bits per heavy atom. The minimum absolute atomic E-state index is 0.120. The highest BCUT2D eigenvalue weighted by Gasteiger charge is 2.16. The summed E-state index contributed by atoms with van der Waals surface area (Å²) in [6.07, 6.45) is 0.839. The average Bonchev–Trinajstić information content (AvgIpc) is 2.52. The molecule has 1 aliphatic rings. The number of amides is 1. The fraction of sp³-hybridized carbons (Fsp3) is 0.533. The number of nitrogens with one attached hydrogen (secondary N) is 1. The first-order chi connectivity index (χ1) is 9.81. The maximum atomic E-state index is 12.1. The van der Waals surface area contributed by atoms with E-state index in [1.54, 1.807) is 7.11 Å². The lowest BCUT2D eigenvalue weighted by Gasteiger charge is -2.27. The van der Waals surface area contributed by atoms with Gasteiger partial charge in [0.2, 0.25) is 5.91 Å². The third kappa shape index (κ3) is 4.21. The van der Waals surface area contributed by atoms with Crippen molar-refractivity contribution in [1.82, 2.24) is 4.90 Å². The summed E-state index contributed by atoms with van der Waals surface area (Å²) >= 11 is 0. The molecule has 1 aromatic carbocycles. The number of carbonyl (C=O) groups excluding carboxylic acids is 1. The number of carbonyl (C=O) groups is 1. The molecule has 2 rings (SSSR count). The van der Waals surface area contributed by atoms with Gasteiger partial charge in [-0.25, -0.2) is 0 Å². The largest absolute Gasteiger partial charge is 0.384 e. The number of methoxy groups -OCH3 is 1. The van der Waals surface area contributed by atoms with Crippen LogP contribution in [-0.2, 0) is 20.7 Å². The Hall–Kier alpha value is -1.59. The minimum Gasteiger partial charge on any atom is -0.384 e. The lowest BCUT2D eigenvalue weighted by molar-refractivity contribution is -0.133. The Morgan fingerprint density at radius 2 is 2.10 bits per heavy atom. The zero-order chi connectivity index (χ0) is 14.2. The number of para-hydroxylation sites is 1. The van der Waals surface area contributed by atoms with E-state index >= 15 is 0 Å². The number of morpholine rings is 1. The molecular formula is C15H22N2O3. The van der Waals surface area contributed by atoms with Gasteiger partial charge in [-0.3, -0.25) is 4.79 Å². The standard InChI is InChI=1S/C15H22N2O3/c1-19-9-6-13-4-2-3-5-14(13)16-12-15(18)17-7-10-20-11-8-17/h2-5,16H,6-12H2,1H3. The summed E-state index contributed by atoms with van der Waals surface area (Å²) in [6, 6.07) is 8.02. The van der Waals surface area contributed by atoms with E-state index in [0.29, 0.717) is 39.5 Å². The second-order valence-corrected chi connectivity index (χ2v) is 4.75.